The van der Waals surface area contributed by atoms with Crippen LogP contribution in [0.1, 0.15) is 10.4 Å². The molecule has 1 aliphatic heterocycles. The zero-order chi connectivity index (χ0) is 13.0. The molecular formula is C13H16ClNO3. The van der Waals surface area contributed by atoms with Gasteiger partial charge in [-0.2, -0.15) is 0 Å². The molecule has 0 N–H and O–H groups in total. The van der Waals surface area contributed by atoms with Gasteiger partial charge in [0.1, 0.15) is 5.75 Å². The molecule has 1 heterocycles. The summed E-state index contributed by atoms with van der Waals surface area (Å²) in [6.07, 6.45) is -0.0842. The highest BCUT2D eigenvalue weighted by Crippen LogP contribution is 2.20. The predicted molar refractivity (Wildman–Crippen MR) is 69.4 cm³/mol. The highest BCUT2D eigenvalue weighted by Gasteiger charge is 2.25. The Labute approximate surface area is 111 Å². The molecule has 98 valence electrons. The number of halogens is 1. The third-order valence-electron chi connectivity index (χ3n) is 2.94. The van der Waals surface area contributed by atoms with E-state index in [0.29, 0.717) is 36.9 Å². The molecule has 0 radical (unpaired) electrons. The van der Waals surface area contributed by atoms with Gasteiger partial charge in [0, 0.05) is 13.1 Å². The monoisotopic (exact) mass is 269 g/mol. The summed E-state index contributed by atoms with van der Waals surface area (Å²) in [5.74, 6) is 0.956. The molecule has 4 nitrogen and oxygen atoms in total. The van der Waals surface area contributed by atoms with Crippen molar-refractivity contribution in [2.45, 2.75) is 6.10 Å². The van der Waals surface area contributed by atoms with Crippen LogP contribution in [-0.4, -0.2) is 49.6 Å². The van der Waals surface area contributed by atoms with Crippen LogP contribution in [0.5, 0.6) is 5.75 Å². The molecule has 18 heavy (non-hydrogen) atoms. The molecular weight excluding hydrogens is 254 g/mol. The lowest BCUT2D eigenvalue weighted by Gasteiger charge is -2.32. The molecule has 1 atom stereocenters. The summed E-state index contributed by atoms with van der Waals surface area (Å²) < 4.78 is 10.6. The first-order chi connectivity index (χ1) is 8.76. The maximum Gasteiger partial charge on any atom is 0.257 e. The Morgan fingerprint density at radius 2 is 2.33 bits per heavy atom. The van der Waals surface area contributed by atoms with Crippen LogP contribution in [0.3, 0.4) is 0 Å². The third-order valence-corrected chi connectivity index (χ3v) is 3.28. The number of rotatable bonds is 3. The average molecular weight is 270 g/mol. The summed E-state index contributed by atoms with van der Waals surface area (Å²) in [6, 6.07) is 7.23. The van der Waals surface area contributed by atoms with Gasteiger partial charge in [0.05, 0.1) is 31.3 Å². The standard InChI is InChI=1S/C13H16ClNO3/c1-17-12-5-3-2-4-11(12)13(16)15-6-7-18-10(8-14)9-15/h2-5,10H,6-9H2,1H3. The quantitative estimate of drug-likeness (QED) is 0.785. The minimum Gasteiger partial charge on any atom is -0.496 e. The van der Waals surface area contributed by atoms with Crippen molar-refractivity contribution < 1.29 is 14.3 Å². The van der Waals surface area contributed by atoms with E-state index in [4.69, 9.17) is 21.1 Å². The van der Waals surface area contributed by atoms with Crippen molar-refractivity contribution >= 4 is 17.5 Å². The van der Waals surface area contributed by atoms with Gasteiger partial charge in [-0.15, -0.1) is 11.6 Å². The summed E-state index contributed by atoms with van der Waals surface area (Å²) >= 11 is 5.77. The van der Waals surface area contributed by atoms with Crippen LogP contribution >= 0.6 is 11.6 Å². The first-order valence-corrected chi connectivity index (χ1v) is 6.39. The van der Waals surface area contributed by atoms with Crippen LogP contribution in [0, 0.1) is 0 Å². The topological polar surface area (TPSA) is 38.8 Å². The zero-order valence-electron chi connectivity index (χ0n) is 10.3. The normalized spacial score (nSPS) is 19.7. The maximum absolute atomic E-state index is 12.4. The molecule has 0 aliphatic carbocycles. The van der Waals surface area contributed by atoms with Crippen LogP contribution < -0.4 is 4.74 Å². The van der Waals surface area contributed by atoms with Crippen molar-refractivity contribution in [1.82, 2.24) is 4.90 Å². The van der Waals surface area contributed by atoms with Gasteiger partial charge in [0.2, 0.25) is 0 Å². The molecule has 0 bridgehead atoms. The van der Waals surface area contributed by atoms with Crippen LogP contribution in [0.15, 0.2) is 24.3 Å². The highest BCUT2D eigenvalue weighted by atomic mass is 35.5. The predicted octanol–water partition coefficient (Wildman–Crippen LogP) is 1.77. The summed E-state index contributed by atoms with van der Waals surface area (Å²) in [6.45, 7) is 1.64. The smallest absolute Gasteiger partial charge is 0.257 e. The Bertz CT molecular complexity index is 424. The SMILES string of the molecule is COc1ccccc1C(=O)N1CCOC(CCl)C1. The Kier molecular flexibility index (Phi) is 4.44. The second kappa shape index (κ2) is 6.07. The Balaban J connectivity index is 2.15. The Morgan fingerprint density at radius 3 is 3.06 bits per heavy atom. The van der Waals surface area contributed by atoms with E-state index in [1.807, 2.05) is 12.1 Å². The lowest BCUT2D eigenvalue weighted by atomic mass is 10.1. The summed E-state index contributed by atoms with van der Waals surface area (Å²) in [5, 5.41) is 0. The minimum absolute atomic E-state index is 0.0362. The number of benzene rings is 1. The number of carbonyl (C=O) groups excluding carboxylic acids is 1. The zero-order valence-corrected chi connectivity index (χ0v) is 11.0. The van der Waals surface area contributed by atoms with Crippen molar-refractivity contribution in [2.75, 3.05) is 32.7 Å². The van der Waals surface area contributed by atoms with E-state index in [2.05, 4.69) is 0 Å². The summed E-state index contributed by atoms with van der Waals surface area (Å²) in [4.78, 5) is 14.1. The largest absolute Gasteiger partial charge is 0.496 e. The number of alkyl halides is 1. The van der Waals surface area contributed by atoms with Crippen molar-refractivity contribution in [3.63, 3.8) is 0 Å². The van der Waals surface area contributed by atoms with Gasteiger partial charge < -0.3 is 14.4 Å². The molecule has 1 aliphatic rings. The fourth-order valence-electron chi connectivity index (χ4n) is 1.99. The van der Waals surface area contributed by atoms with E-state index < -0.39 is 0 Å². The first-order valence-electron chi connectivity index (χ1n) is 5.86. The Morgan fingerprint density at radius 1 is 1.56 bits per heavy atom. The van der Waals surface area contributed by atoms with Gasteiger partial charge in [-0.25, -0.2) is 0 Å². The fraction of sp³-hybridized carbons (Fsp3) is 0.462. The maximum atomic E-state index is 12.4. The number of hydrogen-bond donors (Lipinski definition) is 0. The van der Waals surface area contributed by atoms with Gasteiger partial charge >= 0.3 is 0 Å². The number of hydrogen-bond acceptors (Lipinski definition) is 3. The molecule has 1 aromatic carbocycles. The molecule has 0 spiro atoms. The number of ether oxygens (including phenoxy) is 2. The van der Waals surface area contributed by atoms with Crippen LogP contribution in [0.25, 0.3) is 0 Å². The van der Waals surface area contributed by atoms with E-state index in [-0.39, 0.29) is 12.0 Å². The molecule has 1 aromatic rings. The summed E-state index contributed by atoms with van der Waals surface area (Å²) in [7, 11) is 1.56. The van der Waals surface area contributed by atoms with E-state index in [9.17, 15) is 4.79 Å². The number of morpholine rings is 1. The fourth-order valence-corrected chi connectivity index (χ4v) is 2.18. The molecule has 0 saturated carbocycles. The molecule has 1 fully saturated rings. The second-order valence-corrected chi connectivity index (χ2v) is 4.41. The van der Waals surface area contributed by atoms with E-state index in [1.54, 1.807) is 24.1 Å². The van der Waals surface area contributed by atoms with Crippen LogP contribution in [-0.2, 0) is 4.74 Å². The van der Waals surface area contributed by atoms with E-state index in [0.717, 1.165) is 0 Å². The van der Waals surface area contributed by atoms with Crippen molar-refractivity contribution in [2.24, 2.45) is 0 Å². The van der Waals surface area contributed by atoms with Crippen molar-refractivity contribution in [3.05, 3.63) is 29.8 Å². The van der Waals surface area contributed by atoms with Gasteiger partial charge in [-0.3, -0.25) is 4.79 Å². The van der Waals surface area contributed by atoms with Gasteiger partial charge in [-0.05, 0) is 12.1 Å². The van der Waals surface area contributed by atoms with Gasteiger partial charge in [0.15, 0.2) is 0 Å². The molecule has 2 rings (SSSR count). The molecule has 1 unspecified atom stereocenters. The van der Waals surface area contributed by atoms with Crippen LogP contribution in [0.2, 0.25) is 0 Å². The third kappa shape index (κ3) is 2.76. The molecule has 5 heteroatoms. The first kappa shape index (κ1) is 13.2. The van der Waals surface area contributed by atoms with Gasteiger partial charge in [0.25, 0.3) is 5.91 Å². The molecule has 0 aromatic heterocycles. The minimum atomic E-state index is -0.0842. The average Bonchev–Trinajstić information content (AvgIpc) is 2.46. The second-order valence-electron chi connectivity index (χ2n) is 4.10. The number of amides is 1. The number of para-hydroxylation sites is 1. The highest BCUT2D eigenvalue weighted by molar-refractivity contribution is 6.18. The van der Waals surface area contributed by atoms with Crippen LogP contribution in [0.4, 0.5) is 0 Å². The number of methoxy groups -OCH3 is 1. The van der Waals surface area contributed by atoms with E-state index in [1.165, 1.54) is 0 Å². The summed E-state index contributed by atoms with van der Waals surface area (Å²) in [5.41, 5.74) is 0.579. The lowest BCUT2D eigenvalue weighted by Crippen LogP contribution is -2.46. The van der Waals surface area contributed by atoms with Crippen molar-refractivity contribution in [1.29, 1.82) is 0 Å². The Hall–Kier alpha value is -1.26. The number of nitrogens with zero attached hydrogens (tertiary/aromatic N) is 1. The number of carbonyl (C=O) groups is 1. The molecule has 1 amide bonds. The van der Waals surface area contributed by atoms with Crippen molar-refractivity contribution in [3.8, 4) is 5.75 Å². The lowest BCUT2D eigenvalue weighted by molar-refractivity contribution is -0.0109. The molecule has 1 saturated heterocycles. The van der Waals surface area contributed by atoms with Gasteiger partial charge in [-0.1, -0.05) is 12.1 Å². The van der Waals surface area contributed by atoms with E-state index >= 15 is 0 Å².